The van der Waals surface area contributed by atoms with Crippen molar-refractivity contribution in [3.8, 4) is 5.75 Å². The second-order valence-corrected chi connectivity index (χ2v) is 3.27. The van der Waals surface area contributed by atoms with E-state index in [0.717, 1.165) is 18.2 Å². The molecule has 0 aliphatic carbocycles. The number of rotatable bonds is 3. The maximum atomic E-state index is 12.2. The molecule has 0 bridgehead atoms. The molecule has 0 unspecified atom stereocenters. The average Bonchev–Trinajstić information content (AvgIpc) is 2.23. The summed E-state index contributed by atoms with van der Waals surface area (Å²) in [4.78, 5) is 10.3. The first kappa shape index (κ1) is 14.3. The summed E-state index contributed by atoms with van der Waals surface area (Å²) in [5.74, 6) is -0.681. The monoisotopic (exact) mass is 272 g/mol. The van der Waals surface area contributed by atoms with Crippen LogP contribution in [0.5, 0.6) is 5.75 Å². The van der Waals surface area contributed by atoms with Crippen LogP contribution in [0.1, 0.15) is 10.4 Å². The van der Waals surface area contributed by atoms with Crippen LogP contribution in [-0.4, -0.2) is 24.7 Å². The number of carbonyl (C=O) groups is 1. The normalized spacial score (nSPS) is 12.6. The molecule has 0 atom stereocenters. The Balaban J connectivity index is 3.00. The van der Waals surface area contributed by atoms with E-state index in [4.69, 9.17) is 0 Å². The molecule has 1 aromatic carbocycles. The highest BCUT2D eigenvalue weighted by atomic mass is 19.4. The fraction of sp³-hybridized carbons (Fsp3) is 0.300. The van der Waals surface area contributed by atoms with Gasteiger partial charge in [-0.25, -0.2) is 0 Å². The molecule has 2 nitrogen and oxygen atoms in total. The van der Waals surface area contributed by atoms with E-state index in [2.05, 4.69) is 4.74 Å². The van der Waals surface area contributed by atoms with Gasteiger partial charge in [0.2, 0.25) is 0 Å². The largest absolute Gasteiger partial charge is 0.471 e. The van der Waals surface area contributed by atoms with Crippen LogP contribution in [0.4, 0.5) is 26.3 Å². The third-order valence-electron chi connectivity index (χ3n) is 1.84. The van der Waals surface area contributed by atoms with E-state index < -0.39 is 24.2 Å². The predicted octanol–water partition coefficient (Wildman–Crippen LogP) is 3.37. The van der Waals surface area contributed by atoms with Crippen LogP contribution in [0.15, 0.2) is 24.3 Å². The molecule has 1 aromatic rings. The Kier molecular flexibility index (Phi) is 3.88. The minimum absolute atomic E-state index is 0.0874. The maximum absolute atomic E-state index is 12.2. The zero-order valence-electron chi connectivity index (χ0n) is 8.55. The van der Waals surface area contributed by atoms with E-state index >= 15 is 0 Å². The molecule has 0 aromatic heterocycles. The Morgan fingerprint density at radius 2 is 1.61 bits per heavy atom. The molecule has 0 aliphatic rings. The highest BCUT2D eigenvalue weighted by Gasteiger charge is 2.59. The van der Waals surface area contributed by atoms with Crippen LogP contribution in [-0.2, 0) is 0 Å². The van der Waals surface area contributed by atoms with Gasteiger partial charge in [0.05, 0.1) is 0 Å². The lowest BCUT2D eigenvalue weighted by molar-refractivity contribution is -0.299. The lowest BCUT2D eigenvalue weighted by Crippen LogP contribution is -2.46. The van der Waals surface area contributed by atoms with Crippen LogP contribution >= 0.6 is 0 Å². The smallest absolute Gasteiger partial charge is 0.434 e. The summed E-state index contributed by atoms with van der Waals surface area (Å²) in [6.07, 6.45) is -14.8. The van der Waals surface area contributed by atoms with Gasteiger partial charge in [-0.05, 0) is 12.1 Å². The van der Waals surface area contributed by atoms with Crippen molar-refractivity contribution in [1.29, 1.82) is 0 Å². The number of hydrogen-bond acceptors (Lipinski definition) is 2. The third kappa shape index (κ3) is 3.64. The zero-order valence-corrected chi connectivity index (χ0v) is 8.55. The second kappa shape index (κ2) is 4.87. The van der Waals surface area contributed by atoms with Gasteiger partial charge >= 0.3 is 12.4 Å². The highest BCUT2D eigenvalue weighted by molar-refractivity contribution is 5.75. The summed E-state index contributed by atoms with van der Waals surface area (Å²) in [6.45, 7) is 0. The fourth-order valence-corrected chi connectivity index (χ4v) is 1.12. The lowest BCUT2D eigenvalue weighted by Gasteiger charge is -2.23. The Morgan fingerprint density at radius 3 is 2.06 bits per heavy atom. The average molecular weight is 272 g/mol. The van der Waals surface area contributed by atoms with Crippen molar-refractivity contribution in [2.75, 3.05) is 0 Å². The summed E-state index contributed by atoms with van der Waals surface area (Å²) in [5, 5.41) is 0. The van der Waals surface area contributed by atoms with Gasteiger partial charge in [0, 0.05) is 5.56 Å². The van der Waals surface area contributed by atoms with E-state index in [1.165, 1.54) is 6.07 Å². The van der Waals surface area contributed by atoms with Crippen molar-refractivity contribution in [2.24, 2.45) is 0 Å². The van der Waals surface area contributed by atoms with Crippen LogP contribution < -0.4 is 4.74 Å². The second-order valence-electron chi connectivity index (χ2n) is 3.27. The molecule has 0 aliphatic heterocycles. The molecule has 0 saturated carbocycles. The minimum atomic E-state index is -5.59. The number of carbonyl (C=O) groups excluding carboxylic acids is 1. The first-order chi connectivity index (χ1) is 8.14. The van der Waals surface area contributed by atoms with Gasteiger partial charge in [0.15, 0.2) is 0 Å². The number of ether oxygens (including phenoxy) is 1. The van der Waals surface area contributed by atoms with Crippen LogP contribution in [0.25, 0.3) is 0 Å². The van der Waals surface area contributed by atoms with E-state index in [9.17, 15) is 31.1 Å². The molecule has 8 heteroatoms. The summed E-state index contributed by atoms with van der Waals surface area (Å²) in [6, 6.07) is 4.02. The van der Waals surface area contributed by atoms with Gasteiger partial charge < -0.3 is 4.74 Å². The Morgan fingerprint density at radius 1 is 1.06 bits per heavy atom. The summed E-state index contributed by atoms with van der Waals surface area (Å²) in [7, 11) is 0. The molecule has 0 heterocycles. The van der Waals surface area contributed by atoms with Crippen molar-refractivity contribution >= 4 is 6.29 Å². The summed E-state index contributed by atoms with van der Waals surface area (Å²) < 4.78 is 76.9. The molecule has 0 N–H and O–H groups in total. The van der Waals surface area contributed by atoms with Crippen molar-refractivity contribution in [2.45, 2.75) is 18.5 Å². The van der Waals surface area contributed by atoms with Gasteiger partial charge in [0.25, 0.3) is 6.10 Å². The molecule has 0 spiro atoms. The van der Waals surface area contributed by atoms with Crippen LogP contribution in [0.2, 0.25) is 0 Å². The first-order valence-corrected chi connectivity index (χ1v) is 4.50. The minimum Gasteiger partial charge on any atom is -0.471 e. The number of aldehydes is 1. The quantitative estimate of drug-likeness (QED) is 0.623. The predicted molar refractivity (Wildman–Crippen MR) is 48.4 cm³/mol. The van der Waals surface area contributed by atoms with Gasteiger partial charge in [-0.15, -0.1) is 0 Å². The lowest BCUT2D eigenvalue weighted by atomic mass is 10.2. The van der Waals surface area contributed by atoms with Gasteiger partial charge in [-0.3, -0.25) is 4.79 Å². The van der Waals surface area contributed by atoms with Crippen LogP contribution in [0, 0.1) is 0 Å². The van der Waals surface area contributed by atoms with E-state index in [0.29, 0.717) is 0 Å². The Bertz CT molecular complexity index is 409. The molecule has 1 rings (SSSR count). The highest BCUT2D eigenvalue weighted by Crippen LogP contribution is 2.36. The number of benzene rings is 1. The SMILES string of the molecule is O=Cc1cccc(OC(C(F)(F)F)C(F)(F)F)c1. The third-order valence-corrected chi connectivity index (χ3v) is 1.84. The van der Waals surface area contributed by atoms with Crippen molar-refractivity contribution in [3.63, 3.8) is 0 Å². The maximum Gasteiger partial charge on any atom is 0.434 e. The number of alkyl halides is 6. The molecule has 0 fully saturated rings. The van der Waals surface area contributed by atoms with Crippen LogP contribution in [0.3, 0.4) is 0 Å². The molecule has 0 radical (unpaired) electrons. The molecule has 0 saturated heterocycles. The van der Waals surface area contributed by atoms with Crippen molar-refractivity contribution in [3.05, 3.63) is 29.8 Å². The standard InChI is InChI=1S/C10H6F6O2/c11-9(12,13)8(10(14,15)16)18-7-3-1-2-6(4-7)5-17/h1-5,8H. The van der Waals surface area contributed by atoms with Gasteiger partial charge in [-0.2, -0.15) is 26.3 Å². The molecular formula is C10H6F6O2. The molecular weight excluding hydrogens is 266 g/mol. The van der Waals surface area contributed by atoms with E-state index in [-0.39, 0.29) is 11.8 Å². The fourth-order valence-electron chi connectivity index (χ4n) is 1.12. The van der Waals surface area contributed by atoms with Gasteiger partial charge in [0.1, 0.15) is 12.0 Å². The molecule has 0 amide bonds. The molecule has 18 heavy (non-hydrogen) atoms. The van der Waals surface area contributed by atoms with Crippen molar-refractivity contribution < 1.29 is 35.9 Å². The van der Waals surface area contributed by atoms with E-state index in [1.807, 2.05) is 0 Å². The Labute approximate surface area is 97.2 Å². The summed E-state index contributed by atoms with van der Waals surface area (Å²) >= 11 is 0. The Hall–Kier alpha value is -1.73. The zero-order chi connectivity index (χ0) is 14.0. The number of hydrogen-bond donors (Lipinski definition) is 0. The number of halogens is 6. The van der Waals surface area contributed by atoms with Crippen molar-refractivity contribution in [1.82, 2.24) is 0 Å². The summed E-state index contributed by atoms with van der Waals surface area (Å²) in [5.41, 5.74) is -0.0874. The van der Waals surface area contributed by atoms with Gasteiger partial charge in [-0.1, -0.05) is 12.1 Å². The van der Waals surface area contributed by atoms with E-state index in [1.54, 1.807) is 0 Å². The molecule has 100 valence electrons. The first-order valence-electron chi connectivity index (χ1n) is 4.50. The topological polar surface area (TPSA) is 26.3 Å².